The molecular formula is C19H24FN3O2. The number of anilines is 1. The van der Waals surface area contributed by atoms with Crippen LogP contribution in [-0.4, -0.2) is 26.7 Å². The monoisotopic (exact) mass is 345 g/mol. The second kappa shape index (κ2) is 8.92. The highest BCUT2D eigenvalue weighted by molar-refractivity contribution is 5.93. The summed E-state index contributed by atoms with van der Waals surface area (Å²) < 4.78 is 24.5. The van der Waals surface area contributed by atoms with Gasteiger partial charge >= 0.3 is 0 Å². The Balaban J connectivity index is 2.04. The molecule has 6 heteroatoms. The molecule has 0 bridgehead atoms. The summed E-state index contributed by atoms with van der Waals surface area (Å²) in [5.41, 5.74) is 2.29. The van der Waals surface area contributed by atoms with Gasteiger partial charge in [-0.2, -0.15) is 0 Å². The van der Waals surface area contributed by atoms with E-state index in [0.717, 1.165) is 11.3 Å². The molecule has 134 valence electrons. The van der Waals surface area contributed by atoms with Crippen molar-refractivity contribution in [3.05, 3.63) is 53.3 Å². The van der Waals surface area contributed by atoms with E-state index in [0.29, 0.717) is 36.2 Å². The summed E-state index contributed by atoms with van der Waals surface area (Å²) in [6, 6.07) is 10.7. The highest BCUT2D eigenvalue weighted by Crippen LogP contribution is 2.30. The molecule has 0 amide bonds. The summed E-state index contributed by atoms with van der Waals surface area (Å²) in [5, 5.41) is 6.35. The maximum atomic E-state index is 13.6. The average Bonchev–Trinajstić information content (AvgIpc) is 2.62. The van der Waals surface area contributed by atoms with E-state index in [1.807, 2.05) is 31.2 Å². The van der Waals surface area contributed by atoms with Gasteiger partial charge in [-0.3, -0.25) is 4.99 Å². The van der Waals surface area contributed by atoms with Gasteiger partial charge in [0.05, 0.1) is 13.7 Å². The second-order valence-electron chi connectivity index (χ2n) is 5.43. The van der Waals surface area contributed by atoms with Gasteiger partial charge < -0.3 is 20.1 Å². The molecule has 0 saturated carbocycles. The molecule has 5 nitrogen and oxygen atoms in total. The first-order valence-corrected chi connectivity index (χ1v) is 8.11. The van der Waals surface area contributed by atoms with E-state index in [4.69, 9.17) is 9.47 Å². The van der Waals surface area contributed by atoms with Crippen molar-refractivity contribution in [2.75, 3.05) is 26.1 Å². The molecule has 2 rings (SSSR count). The van der Waals surface area contributed by atoms with Gasteiger partial charge in [0.15, 0.2) is 17.5 Å². The van der Waals surface area contributed by atoms with Crippen LogP contribution in [-0.2, 0) is 6.54 Å². The Hall–Kier alpha value is -2.76. The van der Waals surface area contributed by atoms with E-state index in [9.17, 15) is 4.39 Å². The molecule has 0 aliphatic rings. The maximum Gasteiger partial charge on any atom is 0.195 e. The molecule has 0 saturated heterocycles. The minimum atomic E-state index is -0.209. The zero-order chi connectivity index (χ0) is 18.2. The lowest BCUT2D eigenvalue weighted by Crippen LogP contribution is -2.30. The number of hydrogen-bond donors (Lipinski definition) is 2. The first kappa shape index (κ1) is 18.6. The molecule has 0 spiro atoms. The third-order valence-corrected chi connectivity index (χ3v) is 3.65. The number of aryl methyl sites for hydroxylation is 1. The topological polar surface area (TPSA) is 54.9 Å². The minimum Gasteiger partial charge on any atom is -0.493 e. The van der Waals surface area contributed by atoms with E-state index in [1.54, 1.807) is 27.1 Å². The minimum absolute atomic E-state index is 0.209. The van der Waals surface area contributed by atoms with Gasteiger partial charge in [-0.15, -0.1) is 0 Å². The number of halogens is 1. The molecule has 0 unspecified atom stereocenters. The zero-order valence-electron chi connectivity index (χ0n) is 15.0. The van der Waals surface area contributed by atoms with E-state index < -0.39 is 0 Å². The molecule has 0 aromatic heterocycles. The standard InChI is InChI=1S/C19H24FN3O2/c1-5-25-18-11-15(8-9-17(18)24-4)23-19(21-3)22-12-14-7-6-13(2)16(20)10-14/h6-11H,5,12H2,1-4H3,(H2,21,22,23). The van der Waals surface area contributed by atoms with Crippen LogP contribution in [0.4, 0.5) is 10.1 Å². The first-order valence-electron chi connectivity index (χ1n) is 8.11. The third-order valence-electron chi connectivity index (χ3n) is 3.65. The van der Waals surface area contributed by atoms with Crippen molar-refractivity contribution < 1.29 is 13.9 Å². The van der Waals surface area contributed by atoms with Crippen molar-refractivity contribution in [3.63, 3.8) is 0 Å². The van der Waals surface area contributed by atoms with E-state index in [-0.39, 0.29) is 5.82 Å². The summed E-state index contributed by atoms with van der Waals surface area (Å²) in [5.74, 6) is 1.70. The number of benzene rings is 2. The van der Waals surface area contributed by atoms with Crippen molar-refractivity contribution in [2.24, 2.45) is 4.99 Å². The van der Waals surface area contributed by atoms with Gasteiger partial charge in [-0.1, -0.05) is 12.1 Å². The van der Waals surface area contributed by atoms with Crippen molar-refractivity contribution in [1.82, 2.24) is 5.32 Å². The van der Waals surface area contributed by atoms with Crippen LogP contribution in [0, 0.1) is 12.7 Å². The van der Waals surface area contributed by atoms with Crippen LogP contribution in [0.2, 0.25) is 0 Å². The molecule has 0 aliphatic heterocycles. The molecule has 0 fully saturated rings. The molecule has 25 heavy (non-hydrogen) atoms. The fraction of sp³-hybridized carbons (Fsp3) is 0.316. The van der Waals surface area contributed by atoms with Gasteiger partial charge in [-0.25, -0.2) is 4.39 Å². The largest absolute Gasteiger partial charge is 0.493 e. The third kappa shape index (κ3) is 5.11. The smallest absolute Gasteiger partial charge is 0.195 e. The fourth-order valence-electron chi connectivity index (χ4n) is 2.27. The van der Waals surface area contributed by atoms with Gasteiger partial charge in [0.2, 0.25) is 0 Å². The summed E-state index contributed by atoms with van der Waals surface area (Å²) in [7, 11) is 3.28. The SMILES string of the molecule is CCOc1cc(NC(=NC)NCc2ccc(C)c(F)c2)ccc1OC. The first-order chi connectivity index (χ1) is 12.1. The molecule has 0 atom stereocenters. The van der Waals surface area contributed by atoms with Crippen LogP contribution in [0.5, 0.6) is 11.5 Å². The summed E-state index contributed by atoms with van der Waals surface area (Å²) in [6.45, 7) is 4.67. The average molecular weight is 345 g/mol. The van der Waals surface area contributed by atoms with Crippen LogP contribution >= 0.6 is 0 Å². The lowest BCUT2D eigenvalue weighted by molar-refractivity contribution is 0.311. The number of rotatable bonds is 6. The highest BCUT2D eigenvalue weighted by Gasteiger charge is 2.07. The number of nitrogens with one attached hydrogen (secondary N) is 2. The molecule has 0 heterocycles. The highest BCUT2D eigenvalue weighted by atomic mass is 19.1. The van der Waals surface area contributed by atoms with Crippen LogP contribution in [0.3, 0.4) is 0 Å². The summed E-state index contributed by atoms with van der Waals surface area (Å²) >= 11 is 0. The van der Waals surface area contributed by atoms with Crippen molar-refractivity contribution in [1.29, 1.82) is 0 Å². The predicted molar refractivity (Wildman–Crippen MR) is 99.1 cm³/mol. The number of hydrogen-bond acceptors (Lipinski definition) is 3. The van der Waals surface area contributed by atoms with E-state index in [1.165, 1.54) is 6.07 Å². The number of nitrogens with zero attached hydrogens (tertiary/aromatic N) is 1. The Bertz CT molecular complexity index is 747. The molecule has 2 N–H and O–H groups in total. The normalized spacial score (nSPS) is 11.2. The predicted octanol–water partition coefficient (Wildman–Crippen LogP) is 3.73. The number of aliphatic imine (C=N–C) groups is 1. The van der Waals surface area contributed by atoms with Gasteiger partial charge in [0.25, 0.3) is 0 Å². The second-order valence-corrected chi connectivity index (χ2v) is 5.43. The number of ether oxygens (including phenoxy) is 2. The Morgan fingerprint density at radius 1 is 1.16 bits per heavy atom. The number of guanidine groups is 1. The van der Waals surface area contributed by atoms with Crippen LogP contribution < -0.4 is 20.1 Å². The molecule has 2 aromatic carbocycles. The van der Waals surface area contributed by atoms with E-state index in [2.05, 4.69) is 15.6 Å². The van der Waals surface area contributed by atoms with Crippen molar-refractivity contribution in [3.8, 4) is 11.5 Å². The fourth-order valence-corrected chi connectivity index (χ4v) is 2.27. The Labute approximate surface area is 147 Å². The molecule has 2 aromatic rings. The number of methoxy groups -OCH3 is 1. The maximum absolute atomic E-state index is 13.6. The van der Waals surface area contributed by atoms with Crippen LogP contribution in [0.25, 0.3) is 0 Å². The van der Waals surface area contributed by atoms with E-state index >= 15 is 0 Å². The molecule has 0 aliphatic carbocycles. The molecule has 0 radical (unpaired) electrons. The molecular weight excluding hydrogens is 321 g/mol. The summed E-state index contributed by atoms with van der Waals surface area (Å²) in [6.07, 6.45) is 0. The van der Waals surface area contributed by atoms with Gasteiger partial charge in [0.1, 0.15) is 5.82 Å². The summed E-state index contributed by atoms with van der Waals surface area (Å²) in [4.78, 5) is 4.19. The quantitative estimate of drug-likeness (QED) is 0.619. The van der Waals surface area contributed by atoms with Crippen molar-refractivity contribution >= 4 is 11.6 Å². The van der Waals surface area contributed by atoms with Gasteiger partial charge in [0, 0.05) is 25.3 Å². The lowest BCUT2D eigenvalue weighted by atomic mass is 10.1. The Kier molecular flexibility index (Phi) is 6.62. The van der Waals surface area contributed by atoms with Crippen molar-refractivity contribution in [2.45, 2.75) is 20.4 Å². The van der Waals surface area contributed by atoms with Crippen LogP contribution in [0.1, 0.15) is 18.1 Å². The lowest BCUT2D eigenvalue weighted by Gasteiger charge is -2.15. The Morgan fingerprint density at radius 2 is 1.96 bits per heavy atom. The van der Waals surface area contributed by atoms with Crippen LogP contribution in [0.15, 0.2) is 41.4 Å². The van der Waals surface area contributed by atoms with Gasteiger partial charge in [-0.05, 0) is 43.2 Å². The Morgan fingerprint density at radius 3 is 2.60 bits per heavy atom. The zero-order valence-corrected chi connectivity index (χ0v) is 15.0.